The Morgan fingerprint density at radius 2 is 0.812 bits per heavy atom. The first-order chi connectivity index (χ1) is 15.5. The zero-order valence-electron chi connectivity index (χ0n) is 18.2. The Kier molecular flexibility index (Phi) is 6.04. The fourth-order valence-corrected chi connectivity index (χ4v) is 3.66. The van der Waals surface area contributed by atoms with Crippen molar-refractivity contribution >= 4 is 0 Å². The van der Waals surface area contributed by atoms with Gasteiger partial charge >= 0.3 is 0 Å². The first-order valence-corrected chi connectivity index (χ1v) is 10.6. The Morgan fingerprint density at radius 1 is 0.531 bits per heavy atom. The molecule has 0 fully saturated rings. The number of rotatable bonds is 7. The van der Waals surface area contributed by atoms with Crippen LogP contribution in [-0.2, 0) is 5.41 Å². The molecule has 0 heterocycles. The van der Waals surface area contributed by atoms with E-state index in [1.165, 1.54) is 11.1 Å². The van der Waals surface area contributed by atoms with Crippen molar-refractivity contribution in [2.24, 2.45) is 0 Å². The van der Waals surface area contributed by atoms with Crippen molar-refractivity contribution in [2.45, 2.75) is 25.7 Å². The van der Waals surface area contributed by atoms with E-state index in [0.29, 0.717) is 11.5 Å². The van der Waals surface area contributed by atoms with Gasteiger partial charge in [0.1, 0.15) is 34.5 Å². The van der Waals surface area contributed by atoms with Crippen molar-refractivity contribution in [1.29, 1.82) is 0 Å². The molecule has 0 saturated carbocycles. The number of benzene rings is 4. The molecule has 0 aliphatic heterocycles. The van der Waals surface area contributed by atoms with Gasteiger partial charge in [-0.3, -0.25) is 0 Å². The van der Waals surface area contributed by atoms with Crippen molar-refractivity contribution in [3.05, 3.63) is 108 Å². The molecule has 0 aliphatic rings. The standard InChI is InChI=1S/C28H26O4/c1-3-28(2,20-4-12-24(13-5-20)31-26-16-8-22(29)9-17-26)21-6-14-25(15-7-21)32-27-18-10-23(30)11-19-27/h4-19,29-30H,3H2,1-2H3. The molecular weight excluding hydrogens is 400 g/mol. The predicted molar refractivity (Wildman–Crippen MR) is 126 cm³/mol. The van der Waals surface area contributed by atoms with Crippen LogP contribution in [0.15, 0.2) is 97.1 Å². The van der Waals surface area contributed by atoms with Crippen LogP contribution in [0.4, 0.5) is 0 Å². The molecule has 0 aliphatic carbocycles. The third-order valence-corrected chi connectivity index (χ3v) is 5.83. The van der Waals surface area contributed by atoms with Crippen LogP contribution in [0.5, 0.6) is 34.5 Å². The van der Waals surface area contributed by atoms with Crippen LogP contribution in [0.3, 0.4) is 0 Å². The van der Waals surface area contributed by atoms with Gasteiger partial charge in [-0.2, -0.15) is 0 Å². The van der Waals surface area contributed by atoms with Crippen molar-refractivity contribution < 1.29 is 19.7 Å². The van der Waals surface area contributed by atoms with Crippen LogP contribution in [-0.4, -0.2) is 10.2 Å². The lowest BCUT2D eigenvalue weighted by Crippen LogP contribution is -2.22. The second-order valence-corrected chi connectivity index (χ2v) is 7.93. The van der Waals surface area contributed by atoms with Gasteiger partial charge in [0.15, 0.2) is 0 Å². The molecule has 4 aromatic rings. The Hall–Kier alpha value is -3.92. The number of phenols is 2. The summed E-state index contributed by atoms with van der Waals surface area (Å²) in [4.78, 5) is 0. The fourth-order valence-electron chi connectivity index (χ4n) is 3.66. The summed E-state index contributed by atoms with van der Waals surface area (Å²) >= 11 is 0. The van der Waals surface area contributed by atoms with Gasteiger partial charge in [0, 0.05) is 5.41 Å². The van der Waals surface area contributed by atoms with Gasteiger partial charge in [0.2, 0.25) is 0 Å². The molecule has 0 radical (unpaired) electrons. The first-order valence-electron chi connectivity index (χ1n) is 10.6. The number of aromatic hydroxyl groups is 2. The van der Waals surface area contributed by atoms with Gasteiger partial charge in [-0.05, 0) is 90.3 Å². The number of hydrogen-bond donors (Lipinski definition) is 2. The highest BCUT2D eigenvalue weighted by Gasteiger charge is 2.27. The highest BCUT2D eigenvalue weighted by atomic mass is 16.5. The molecule has 4 nitrogen and oxygen atoms in total. The van der Waals surface area contributed by atoms with Crippen LogP contribution in [0.2, 0.25) is 0 Å². The molecule has 0 unspecified atom stereocenters. The maximum Gasteiger partial charge on any atom is 0.127 e. The van der Waals surface area contributed by atoms with Gasteiger partial charge in [-0.15, -0.1) is 0 Å². The van der Waals surface area contributed by atoms with Crippen LogP contribution < -0.4 is 9.47 Å². The van der Waals surface area contributed by atoms with E-state index >= 15 is 0 Å². The van der Waals surface area contributed by atoms with Crippen LogP contribution in [0.25, 0.3) is 0 Å². The van der Waals surface area contributed by atoms with E-state index < -0.39 is 0 Å². The lowest BCUT2D eigenvalue weighted by Gasteiger charge is -2.30. The highest BCUT2D eigenvalue weighted by Crippen LogP contribution is 2.37. The Labute approximate surface area is 188 Å². The molecule has 0 spiro atoms. The minimum absolute atomic E-state index is 0.159. The molecule has 0 saturated heterocycles. The molecule has 4 heteroatoms. The van der Waals surface area contributed by atoms with Crippen molar-refractivity contribution in [3.63, 3.8) is 0 Å². The molecule has 0 aromatic heterocycles. The fraction of sp³-hybridized carbons (Fsp3) is 0.143. The summed E-state index contributed by atoms with van der Waals surface area (Å²) in [6.07, 6.45) is 0.934. The van der Waals surface area contributed by atoms with Gasteiger partial charge in [0.25, 0.3) is 0 Å². The molecule has 2 N–H and O–H groups in total. The van der Waals surface area contributed by atoms with Gasteiger partial charge in [0.05, 0.1) is 0 Å². The molecule has 32 heavy (non-hydrogen) atoms. The van der Waals surface area contributed by atoms with Crippen molar-refractivity contribution in [1.82, 2.24) is 0 Å². The summed E-state index contributed by atoms with van der Waals surface area (Å²) in [6, 6.07) is 29.6. The van der Waals surface area contributed by atoms with Crippen molar-refractivity contribution in [2.75, 3.05) is 0 Å². The SMILES string of the molecule is CCC(C)(c1ccc(Oc2ccc(O)cc2)cc1)c1ccc(Oc2ccc(O)cc2)cc1. The number of phenolic OH excluding ortho intramolecular Hbond substituents is 2. The molecule has 0 atom stereocenters. The van der Waals surface area contributed by atoms with E-state index in [1.807, 2.05) is 24.3 Å². The third kappa shape index (κ3) is 4.70. The maximum absolute atomic E-state index is 9.41. The van der Waals surface area contributed by atoms with Gasteiger partial charge in [-0.1, -0.05) is 38.1 Å². The molecule has 0 bridgehead atoms. The maximum atomic E-state index is 9.41. The molecule has 4 rings (SSSR count). The summed E-state index contributed by atoms with van der Waals surface area (Å²) in [7, 11) is 0. The predicted octanol–water partition coefficient (Wildman–Crippen LogP) is 7.40. The summed E-state index contributed by atoms with van der Waals surface area (Å²) in [5.41, 5.74) is 2.24. The Balaban J connectivity index is 1.50. The van der Waals surface area contributed by atoms with Crippen LogP contribution >= 0.6 is 0 Å². The quantitative estimate of drug-likeness (QED) is 0.323. The topological polar surface area (TPSA) is 58.9 Å². The lowest BCUT2D eigenvalue weighted by molar-refractivity contribution is 0.463. The van der Waals surface area contributed by atoms with E-state index in [0.717, 1.165) is 17.9 Å². The van der Waals surface area contributed by atoms with Crippen LogP contribution in [0.1, 0.15) is 31.4 Å². The van der Waals surface area contributed by atoms with E-state index in [1.54, 1.807) is 48.5 Å². The Bertz CT molecular complexity index is 1060. The molecule has 0 amide bonds. The van der Waals surface area contributed by atoms with Gasteiger partial charge < -0.3 is 19.7 Å². The number of hydrogen-bond acceptors (Lipinski definition) is 4. The largest absolute Gasteiger partial charge is 0.508 e. The highest BCUT2D eigenvalue weighted by molar-refractivity contribution is 5.44. The first kappa shape index (κ1) is 21.3. The zero-order valence-corrected chi connectivity index (χ0v) is 18.2. The number of ether oxygens (including phenoxy) is 2. The molecule has 4 aromatic carbocycles. The van der Waals surface area contributed by atoms with Crippen LogP contribution in [0, 0.1) is 0 Å². The average molecular weight is 427 g/mol. The smallest absolute Gasteiger partial charge is 0.127 e. The summed E-state index contributed by atoms with van der Waals surface area (Å²) < 4.78 is 11.8. The van der Waals surface area contributed by atoms with E-state index in [9.17, 15) is 10.2 Å². The van der Waals surface area contributed by atoms with Crippen molar-refractivity contribution in [3.8, 4) is 34.5 Å². The normalized spacial score (nSPS) is 11.2. The minimum Gasteiger partial charge on any atom is -0.508 e. The summed E-state index contributed by atoms with van der Waals surface area (Å²) in [5.74, 6) is 3.28. The van der Waals surface area contributed by atoms with E-state index in [2.05, 4.69) is 38.1 Å². The van der Waals surface area contributed by atoms with E-state index in [4.69, 9.17) is 9.47 Å². The van der Waals surface area contributed by atoms with Gasteiger partial charge in [-0.25, -0.2) is 0 Å². The second-order valence-electron chi connectivity index (χ2n) is 7.93. The molecule has 162 valence electrons. The lowest BCUT2D eigenvalue weighted by atomic mass is 9.74. The second kappa shape index (κ2) is 9.06. The Morgan fingerprint density at radius 3 is 1.09 bits per heavy atom. The molecular formula is C28H26O4. The third-order valence-electron chi connectivity index (χ3n) is 5.83. The zero-order chi connectivity index (χ0) is 22.6. The van der Waals surface area contributed by atoms with E-state index in [-0.39, 0.29) is 16.9 Å². The minimum atomic E-state index is -0.159. The average Bonchev–Trinajstić information content (AvgIpc) is 2.82. The monoisotopic (exact) mass is 426 g/mol. The summed E-state index contributed by atoms with van der Waals surface area (Å²) in [5, 5.41) is 18.8. The summed E-state index contributed by atoms with van der Waals surface area (Å²) in [6.45, 7) is 4.42.